The molecule has 0 aliphatic rings. The Morgan fingerprint density at radius 2 is 0.644 bits per heavy atom. The molecule has 0 saturated carbocycles. The lowest BCUT2D eigenvalue weighted by atomic mass is 10.0. The van der Waals surface area contributed by atoms with E-state index >= 15 is 0 Å². The van der Waals surface area contributed by atoms with E-state index in [0.29, 0.717) is 19.4 Å². The van der Waals surface area contributed by atoms with Crippen molar-refractivity contribution in [3.05, 3.63) is 24.3 Å². The molecule has 0 aromatic carbocycles. The maximum absolute atomic E-state index is 12.4. The molecule has 0 aromatic heterocycles. The first-order valence-electron chi connectivity index (χ1n) is 33.1. The van der Waals surface area contributed by atoms with Gasteiger partial charge in [-0.3, -0.25) is 9.59 Å². The van der Waals surface area contributed by atoms with Gasteiger partial charge >= 0.3 is 5.97 Å². The minimum atomic E-state index is -0.839. The summed E-state index contributed by atoms with van der Waals surface area (Å²) in [7, 11) is 0. The Kier molecular flexibility index (Phi) is 61.4. The van der Waals surface area contributed by atoms with E-state index in [1.54, 1.807) is 6.08 Å². The second-order valence-electron chi connectivity index (χ2n) is 22.8. The van der Waals surface area contributed by atoms with E-state index < -0.39 is 12.1 Å². The average Bonchev–Trinajstić information content (AvgIpc) is 3.39. The normalized spacial score (nSPS) is 12.7. The first kappa shape index (κ1) is 71.3. The molecule has 6 nitrogen and oxygen atoms in total. The SMILES string of the molecule is CCCCCCC/C=C\CCCCCCCC(=O)OCCCCCCCCCCCCCCCCCCCCCCCCCCCCCCCCCC(=O)NC(CO)C(O)/C=C/CCCCCCCCCCC. The Morgan fingerprint density at radius 3 is 0.973 bits per heavy atom. The molecule has 0 spiro atoms. The third-order valence-electron chi connectivity index (χ3n) is 15.5. The molecule has 0 fully saturated rings. The van der Waals surface area contributed by atoms with Crippen molar-refractivity contribution in [1.82, 2.24) is 5.32 Å². The quantitative estimate of drug-likeness (QED) is 0.0320. The van der Waals surface area contributed by atoms with Crippen LogP contribution in [0, 0.1) is 0 Å². The van der Waals surface area contributed by atoms with Gasteiger partial charge in [-0.2, -0.15) is 0 Å². The molecular weight excluding hydrogens is 899 g/mol. The van der Waals surface area contributed by atoms with E-state index in [9.17, 15) is 19.8 Å². The van der Waals surface area contributed by atoms with Crippen LogP contribution in [-0.4, -0.2) is 47.4 Å². The molecule has 1 amide bonds. The number of aliphatic hydroxyl groups excluding tert-OH is 2. The largest absolute Gasteiger partial charge is 0.466 e. The molecule has 0 saturated heterocycles. The van der Waals surface area contributed by atoms with Gasteiger partial charge in [0.2, 0.25) is 5.91 Å². The van der Waals surface area contributed by atoms with Crippen molar-refractivity contribution in [3.63, 3.8) is 0 Å². The van der Waals surface area contributed by atoms with Crippen molar-refractivity contribution in [2.24, 2.45) is 0 Å². The fraction of sp³-hybridized carbons (Fsp3) is 0.910. The molecule has 73 heavy (non-hydrogen) atoms. The van der Waals surface area contributed by atoms with Crippen LogP contribution in [0.5, 0.6) is 0 Å². The number of ether oxygens (including phenoxy) is 1. The van der Waals surface area contributed by atoms with E-state index in [4.69, 9.17) is 4.74 Å². The van der Waals surface area contributed by atoms with E-state index in [1.165, 1.54) is 295 Å². The minimum absolute atomic E-state index is 0.0121. The number of carbonyl (C=O) groups excluding carboxylic acids is 2. The molecular formula is C67H129NO5. The van der Waals surface area contributed by atoms with Crippen molar-refractivity contribution >= 4 is 11.9 Å². The number of carbonyl (C=O) groups is 2. The van der Waals surface area contributed by atoms with E-state index in [0.717, 1.165) is 44.9 Å². The Bertz CT molecular complexity index is 1140. The highest BCUT2D eigenvalue weighted by atomic mass is 16.5. The molecule has 0 rings (SSSR count). The summed E-state index contributed by atoms with van der Waals surface area (Å²) in [6.07, 6.45) is 78.3. The zero-order chi connectivity index (χ0) is 52.9. The van der Waals surface area contributed by atoms with Gasteiger partial charge in [0.15, 0.2) is 0 Å². The second kappa shape index (κ2) is 62.9. The molecule has 0 aromatic rings. The molecule has 2 atom stereocenters. The van der Waals surface area contributed by atoms with Crippen LogP contribution in [0.25, 0.3) is 0 Å². The Morgan fingerprint density at radius 1 is 0.370 bits per heavy atom. The number of unbranched alkanes of at least 4 members (excludes halogenated alkanes) is 49. The van der Waals surface area contributed by atoms with Gasteiger partial charge in [0.25, 0.3) is 0 Å². The van der Waals surface area contributed by atoms with Gasteiger partial charge in [-0.15, -0.1) is 0 Å². The third-order valence-corrected chi connectivity index (χ3v) is 15.5. The van der Waals surface area contributed by atoms with Crippen LogP contribution < -0.4 is 5.32 Å². The Labute approximate surface area is 456 Å². The van der Waals surface area contributed by atoms with Crippen LogP contribution in [-0.2, 0) is 14.3 Å². The number of hydrogen-bond donors (Lipinski definition) is 3. The molecule has 2 unspecified atom stereocenters. The molecule has 3 N–H and O–H groups in total. The van der Waals surface area contributed by atoms with Crippen molar-refractivity contribution in [2.45, 2.75) is 379 Å². The highest BCUT2D eigenvalue weighted by Crippen LogP contribution is 2.18. The van der Waals surface area contributed by atoms with Crippen LogP contribution in [0.1, 0.15) is 367 Å². The summed E-state index contributed by atoms with van der Waals surface area (Å²) in [5.74, 6) is -0.0516. The lowest BCUT2D eigenvalue weighted by molar-refractivity contribution is -0.143. The van der Waals surface area contributed by atoms with Crippen LogP contribution in [0.4, 0.5) is 0 Å². The van der Waals surface area contributed by atoms with Gasteiger partial charge < -0.3 is 20.3 Å². The topological polar surface area (TPSA) is 95.9 Å². The zero-order valence-electron chi connectivity index (χ0n) is 49.4. The molecule has 0 aliphatic heterocycles. The number of amides is 1. The molecule has 0 heterocycles. The number of hydrogen-bond acceptors (Lipinski definition) is 5. The average molecular weight is 1030 g/mol. The molecule has 0 aliphatic carbocycles. The van der Waals surface area contributed by atoms with Crippen LogP contribution in [0.3, 0.4) is 0 Å². The lowest BCUT2D eigenvalue weighted by Gasteiger charge is -2.20. The van der Waals surface area contributed by atoms with Gasteiger partial charge in [0, 0.05) is 12.8 Å². The number of allylic oxidation sites excluding steroid dienone is 3. The Balaban J connectivity index is 3.31. The standard InChI is InChI=1S/C67H129NO5/c1-3-5-7-9-11-13-15-16-37-41-45-49-53-57-61-67(72)73-62-58-54-50-46-42-38-35-33-31-29-27-25-23-21-19-17-18-20-22-24-26-28-30-32-34-36-40-44-48-52-56-60-66(71)68-64(63-69)65(70)59-55-51-47-43-39-14-12-10-8-6-4-2/h15-16,55,59,64-65,69-70H,3-14,17-54,56-58,60-63H2,1-2H3,(H,68,71)/b16-15-,59-55+. The van der Waals surface area contributed by atoms with Crippen molar-refractivity contribution in [1.29, 1.82) is 0 Å². The summed E-state index contributed by atoms with van der Waals surface area (Å²) < 4.78 is 5.49. The molecule has 0 bridgehead atoms. The summed E-state index contributed by atoms with van der Waals surface area (Å²) in [6.45, 7) is 4.90. The predicted molar refractivity (Wildman–Crippen MR) is 320 cm³/mol. The summed E-state index contributed by atoms with van der Waals surface area (Å²) in [5.41, 5.74) is 0. The minimum Gasteiger partial charge on any atom is -0.466 e. The van der Waals surface area contributed by atoms with Crippen LogP contribution >= 0.6 is 0 Å². The predicted octanol–water partition coefficient (Wildman–Crippen LogP) is 21.0. The third kappa shape index (κ3) is 59.4. The fourth-order valence-electron chi connectivity index (χ4n) is 10.4. The van der Waals surface area contributed by atoms with Crippen molar-refractivity contribution in [3.8, 4) is 0 Å². The highest BCUT2D eigenvalue weighted by molar-refractivity contribution is 5.76. The first-order valence-corrected chi connectivity index (χ1v) is 33.1. The first-order chi connectivity index (χ1) is 36.0. The number of esters is 1. The van der Waals surface area contributed by atoms with Gasteiger partial charge in [0.05, 0.1) is 25.4 Å². The molecule has 432 valence electrons. The van der Waals surface area contributed by atoms with Gasteiger partial charge in [-0.05, 0) is 57.8 Å². The van der Waals surface area contributed by atoms with E-state index in [2.05, 4.69) is 31.3 Å². The van der Waals surface area contributed by atoms with Gasteiger partial charge in [-0.25, -0.2) is 0 Å². The number of nitrogens with one attached hydrogen (secondary N) is 1. The smallest absolute Gasteiger partial charge is 0.305 e. The van der Waals surface area contributed by atoms with Crippen LogP contribution in [0.15, 0.2) is 24.3 Å². The Hall–Kier alpha value is -1.66. The van der Waals surface area contributed by atoms with Gasteiger partial charge in [-0.1, -0.05) is 321 Å². The number of aliphatic hydroxyl groups is 2. The summed E-state index contributed by atoms with van der Waals surface area (Å²) in [6, 6.07) is -0.623. The zero-order valence-corrected chi connectivity index (χ0v) is 49.4. The molecule has 6 heteroatoms. The summed E-state index contributed by atoms with van der Waals surface area (Å²) >= 11 is 0. The van der Waals surface area contributed by atoms with E-state index in [1.807, 2.05) is 6.08 Å². The second-order valence-corrected chi connectivity index (χ2v) is 22.8. The maximum Gasteiger partial charge on any atom is 0.305 e. The van der Waals surface area contributed by atoms with Crippen molar-refractivity contribution in [2.75, 3.05) is 13.2 Å². The fourth-order valence-corrected chi connectivity index (χ4v) is 10.4. The summed E-state index contributed by atoms with van der Waals surface area (Å²) in [4.78, 5) is 24.5. The molecule has 0 radical (unpaired) electrons. The lowest BCUT2D eigenvalue weighted by Crippen LogP contribution is -2.45. The van der Waals surface area contributed by atoms with E-state index in [-0.39, 0.29) is 18.5 Å². The highest BCUT2D eigenvalue weighted by Gasteiger charge is 2.18. The summed E-state index contributed by atoms with van der Waals surface area (Å²) in [5, 5.41) is 23.0. The van der Waals surface area contributed by atoms with Crippen molar-refractivity contribution < 1.29 is 24.5 Å². The van der Waals surface area contributed by atoms with Crippen LogP contribution in [0.2, 0.25) is 0 Å². The number of rotatable bonds is 62. The van der Waals surface area contributed by atoms with Gasteiger partial charge in [0.1, 0.15) is 0 Å². The monoisotopic (exact) mass is 1030 g/mol. The maximum atomic E-state index is 12.4.